The van der Waals surface area contributed by atoms with E-state index in [1.807, 2.05) is 139 Å². The molecule has 0 fully saturated rings. The second-order valence-electron chi connectivity index (χ2n) is 18.4. The number of aromatic amines is 2. The Labute approximate surface area is 496 Å². The fourth-order valence-electron chi connectivity index (χ4n) is 8.00. The zero-order valence-corrected chi connectivity index (χ0v) is 47.6. The van der Waals surface area contributed by atoms with Crippen LogP contribution in [-0.2, 0) is 35.9 Å². The smallest absolute Gasteiger partial charge is 0.333 e. The number of nitrogens with one attached hydrogen (secondary N) is 3. The lowest BCUT2D eigenvalue weighted by Crippen LogP contribution is -2.23. The number of aliphatic hydroxyl groups is 2. The van der Waals surface area contributed by atoms with Crippen LogP contribution in [0.1, 0.15) is 32.0 Å². The molecule has 1 amide bonds. The Balaban J connectivity index is 0.000000184. The molecule has 23 nitrogen and oxygen atoms in total. The Bertz CT molecular complexity index is 4020. The molecule has 0 saturated heterocycles. The van der Waals surface area contributed by atoms with Gasteiger partial charge in [0.05, 0.1) is 39.0 Å². The summed E-state index contributed by atoms with van der Waals surface area (Å²) >= 11 is 2.94. The molecule has 12 N–H and O–H groups in total. The van der Waals surface area contributed by atoms with Crippen molar-refractivity contribution in [1.82, 2.24) is 45.2 Å². The van der Waals surface area contributed by atoms with E-state index < -0.39 is 11.9 Å². The van der Waals surface area contributed by atoms with Crippen LogP contribution >= 0.6 is 22.7 Å². The highest BCUT2D eigenvalue weighted by Gasteiger charge is 2.15. The van der Waals surface area contributed by atoms with Gasteiger partial charge in [-0.05, 0) is 94.1 Å². The van der Waals surface area contributed by atoms with Gasteiger partial charge in [0.15, 0.2) is 11.3 Å². The van der Waals surface area contributed by atoms with E-state index in [-0.39, 0.29) is 49.7 Å². The maximum absolute atomic E-state index is 12.8. The van der Waals surface area contributed by atoms with Crippen LogP contribution in [0.25, 0.3) is 65.1 Å². The van der Waals surface area contributed by atoms with Gasteiger partial charge in [0, 0.05) is 71.2 Å². The number of fused-ring (bicyclic) bond motifs is 2. The fraction of sp³-hybridized carbons (Fsp3) is 0.167. The lowest BCUT2D eigenvalue weighted by Gasteiger charge is -2.17. The maximum Gasteiger partial charge on any atom is 0.333 e. The first-order chi connectivity index (χ1) is 41.2. The summed E-state index contributed by atoms with van der Waals surface area (Å²) in [5, 5.41) is 29.8. The molecule has 0 atom stereocenters. The van der Waals surface area contributed by atoms with E-state index in [0.29, 0.717) is 60.3 Å². The number of imidazole rings is 2. The number of nitrogen functional groups attached to an aromatic ring is 2. The number of carbonyl (C=O) groups is 2. The molecular formula is C60H58N16O7S2. The first-order valence-electron chi connectivity index (χ1n) is 26.0. The minimum Gasteiger partial charge on any atom is -0.486 e. The van der Waals surface area contributed by atoms with Crippen molar-refractivity contribution in [3.8, 4) is 32.6 Å². The van der Waals surface area contributed by atoms with Crippen LogP contribution < -0.4 is 41.8 Å². The highest BCUT2D eigenvalue weighted by atomic mass is 32.1. The Kier molecular flexibility index (Phi) is 21.0. The number of aliphatic hydroxyl groups excluding tert-OH is 2. The third-order valence-corrected chi connectivity index (χ3v) is 14.7. The Morgan fingerprint density at radius 2 is 1.04 bits per heavy atom. The lowest BCUT2D eigenvalue weighted by atomic mass is 10.1. The number of aliphatic carboxylic acids is 1. The summed E-state index contributed by atoms with van der Waals surface area (Å²) in [6, 6.07) is 39.0. The van der Waals surface area contributed by atoms with Crippen LogP contribution in [0.4, 0.5) is 23.3 Å². The number of H-pyrrole nitrogens is 2. The van der Waals surface area contributed by atoms with Crippen LogP contribution in [0.5, 0.6) is 11.8 Å². The molecule has 85 heavy (non-hydrogen) atoms. The van der Waals surface area contributed by atoms with E-state index in [2.05, 4.69) is 54.9 Å². The van der Waals surface area contributed by atoms with Crippen molar-refractivity contribution in [3.05, 3.63) is 200 Å². The van der Waals surface area contributed by atoms with Crippen molar-refractivity contribution in [1.29, 1.82) is 0 Å². The number of carbonyl (C=O) groups excluding carboxylic acids is 1. The summed E-state index contributed by atoms with van der Waals surface area (Å²) in [5.41, 5.74) is 26.7. The second kappa shape index (κ2) is 29.4. The number of nitrogens with zero attached hydrogens (tertiary/aromatic N) is 10. The molecule has 0 bridgehead atoms. The van der Waals surface area contributed by atoms with E-state index in [4.69, 9.17) is 55.1 Å². The average molecular weight is 1180 g/mol. The molecule has 0 aliphatic rings. The number of rotatable bonds is 21. The van der Waals surface area contributed by atoms with Gasteiger partial charge in [-0.15, -0.1) is 22.7 Å². The number of anilines is 4. The number of amides is 1. The van der Waals surface area contributed by atoms with Gasteiger partial charge < -0.3 is 67.1 Å². The summed E-state index contributed by atoms with van der Waals surface area (Å²) < 4.78 is 11.5. The van der Waals surface area contributed by atoms with Crippen molar-refractivity contribution in [2.24, 2.45) is 5.73 Å². The monoisotopic (exact) mass is 1180 g/mol. The van der Waals surface area contributed by atoms with Crippen LogP contribution in [0, 0.1) is 13.1 Å². The molecule has 432 valence electrons. The number of likely N-dealkylation sites (N-methyl/N-ethyl adjacent to an activating group) is 2. The standard InChI is InChI=1S/C30H28N8O3S.C17H16N2O3S.C13H14N6O/c1-32-24(15-23-11-12-25(42-23)21-7-9-22(10-8-21)38(2)13-14-39)28(40)33-16-19-3-5-20(6-4-19)17-41-29-26-27(35-18-34-26)36-30(31)37-29;1-18-15(17(21)22)11-14-7-8-16(23-14)12-3-5-13(6-4-12)19(2)9-10-20;14-5-8-1-3-9(4-2-8)6-20-12-10-11(17-7-16-10)18-13(15)19-12/h3-12,15,18,39H,13-14,16-17H2,2H3,(H,33,40)(H3,31,34,35,36,37);3-8,11,20H,9-10H2,2H3,(H,21,22);1-4,7H,5-6,14H2,(H3,15,16,17,18,19)/b24-15-;15-11-;. The molecule has 25 heteroatoms. The van der Waals surface area contributed by atoms with Crippen LogP contribution in [0.2, 0.25) is 0 Å². The second-order valence-corrected chi connectivity index (χ2v) is 20.7. The minimum atomic E-state index is -1.22. The molecule has 10 rings (SSSR count). The highest BCUT2D eigenvalue weighted by molar-refractivity contribution is 7.16. The number of carboxylic acids is 1. The molecular weight excluding hydrogens is 1120 g/mol. The Morgan fingerprint density at radius 3 is 1.45 bits per heavy atom. The van der Waals surface area contributed by atoms with Crippen LogP contribution in [0.3, 0.4) is 0 Å². The van der Waals surface area contributed by atoms with Gasteiger partial charge in [0.2, 0.25) is 23.7 Å². The topological polar surface area (TPSA) is 328 Å². The van der Waals surface area contributed by atoms with E-state index in [1.165, 1.54) is 41.4 Å². The molecule has 6 heterocycles. The number of nitrogens with two attached hydrogens (primary N) is 3. The van der Waals surface area contributed by atoms with Crippen LogP contribution in [0.15, 0.2) is 145 Å². The third-order valence-electron chi connectivity index (χ3n) is 12.6. The zero-order chi connectivity index (χ0) is 60.2. The predicted molar refractivity (Wildman–Crippen MR) is 330 cm³/mol. The van der Waals surface area contributed by atoms with Crippen molar-refractivity contribution in [2.45, 2.75) is 26.3 Å². The van der Waals surface area contributed by atoms with Gasteiger partial charge >= 0.3 is 5.97 Å². The molecule has 0 unspecified atom stereocenters. The van der Waals surface area contributed by atoms with Gasteiger partial charge in [-0.3, -0.25) is 9.59 Å². The molecule has 0 spiro atoms. The molecule has 0 aliphatic heterocycles. The van der Waals surface area contributed by atoms with Gasteiger partial charge in [0.25, 0.3) is 17.3 Å². The van der Waals surface area contributed by atoms with E-state index in [0.717, 1.165) is 64.3 Å². The predicted octanol–water partition coefficient (Wildman–Crippen LogP) is 8.41. The fourth-order valence-corrected chi connectivity index (χ4v) is 9.91. The van der Waals surface area contributed by atoms with Crippen molar-refractivity contribution in [2.75, 3.05) is 61.7 Å². The lowest BCUT2D eigenvalue weighted by molar-refractivity contribution is -0.132. The number of aromatic nitrogens is 8. The molecule has 0 saturated carbocycles. The van der Waals surface area contributed by atoms with Crippen molar-refractivity contribution >= 4 is 92.3 Å². The zero-order valence-electron chi connectivity index (χ0n) is 46.0. The third kappa shape index (κ3) is 16.6. The number of carboxylic acid groups (broad SMARTS) is 1. The molecule has 0 radical (unpaired) electrons. The van der Waals surface area contributed by atoms with E-state index >= 15 is 0 Å². The number of ether oxygens (including phenoxy) is 2. The number of benzene rings is 4. The highest BCUT2D eigenvalue weighted by Crippen LogP contribution is 2.33. The molecule has 0 aliphatic carbocycles. The normalized spacial score (nSPS) is 11.1. The summed E-state index contributed by atoms with van der Waals surface area (Å²) in [7, 11) is 3.84. The molecule has 4 aromatic carbocycles. The average Bonchev–Trinajstić information content (AvgIpc) is 4.53. The quantitative estimate of drug-likeness (QED) is 0.0241. The summed E-state index contributed by atoms with van der Waals surface area (Å²) in [5.74, 6) is -0.717. The Morgan fingerprint density at radius 1 is 0.612 bits per heavy atom. The van der Waals surface area contributed by atoms with Gasteiger partial charge in [-0.2, -0.15) is 19.9 Å². The van der Waals surface area contributed by atoms with Crippen molar-refractivity contribution < 1.29 is 34.4 Å². The molecule has 6 aromatic heterocycles. The maximum atomic E-state index is 12.8. The van der Waals surface area contributed by atoms with E-state index in [1.54, 1.807) is 12.1 Å². The summed E-state index contributed by atoms with van der Waals surface area (Å²) in [6.45, 7) is 17.2. The van der Waals surface area contributed by atoms with Gasteiger partial charge in [0.1, 0.15) is 24.2 Å². The SMILES string of the molecule is NCc1ccc(COc2nc(N)nc3nc[nH]c23)cc1.[C-]#[N+]/C(=C\c1ccc(-c2ccc(N(C)CCO)cc2)s1)C(=O)NCc1ccc(COc2nc(N)nc3nc[nH]c23)cc1.[C-]#[N+]/C(=C\c1ccc(-c2ccc(N(C)CCO)cc2)s1)C(=O)O. The van der Waals surface area contributed by atoms with Crippen molar-refractivity contribution in [3.63, 3.8) is 0 Å². The number of hydrogen-bond donors (Lipinski definition) is 9. The van der Waals surface area contributed by atoms with Gasteiger partial charge in [-0.25, -0.2) is 19.7 Å². The van der Waals surface area contributed by atoms with E-state index in [9.17, 15) is 9.59 Å². The summed E-state index contributed by atoms with van der Waals surface area (Å²) in [4.78, 5) is 67.9. The van der Waals surface area contributed by atoms with Gasteiger partial charge in [-0.1, -0.05) is 72.8 Å². The number of thiophene rings is 2. The summed E-state index contributed by atoms with van der Waals surface area (Å²) in [6.07, 6.45) is 6.02. The first kappa shape index (κ1) is 60.6. The largest absolute Gasteiger partial charge is 0.486 e. The minimum absolute atomic E-state index is 0.0173. The van der Waals surface area contributed by atoms with Crippen LogP contribution in [-0.4, -0.2) is 107 Å². The first-order valence-corrected chi connectivity index (χ1v) is 27.7. The molecule has 10 aromatic rings. The number of hydrogen-bond acceptors (Lipinski definition) is 19. The Hall–Kier alpha value is -10.5.